The lowest BCUT2D eigenvalue weighted by atomic mass is 10.2. The number of hydrogen-bond acceptors (Lipinski definition) is 4. The van der Waals surface area contributed by atoms with E-state index in [1.807, 2.05) is 0 Å². The molecule has 0 fully saturated rings. The first-order valence-corrected chi connectivity index (χ1v) is 8.49. The summed E-state index contributed by atoms with van der Waals surface area (Å²) in [4.78, 5) is 12.5. The number of aromatic nitrogens is 6. The number of hydrogen-bond donors (Lipinski definition) is 0. The molecule has 25 heavy (non-hydrogen) atoms. The maximum Gasteiger partial charge on any atom is 0.346 e. The van der Waals surface area contributed by atoms with Gasteiger partial charge in [-0.2, -0.15) is 5.10 Å². The summed E-state index contributed by atoms with van der Waals surface area (Å²) in [6.45, 7) is 1.55. The maximum atomic E-state index is 13.0. The fourth-order valence-electron chi connectivity index (χ4n) is 3.15. The second kappa shape index (κ2) is 6.62. The van der Waals surface area contributed by atoms with Gasteiger partial charge in [0.1, 0.15) is 17.3 Å². The summed E-state index contributed by atoms with van der Waals surface area (Å²) < 4.78 is 17.9. The molecule has 0 amide bonds. The van der Waals surface area contributed by atoms with Gasteiger partial charge in [0.05, 0.1) is 19.3 Å². The van der Waals surface area contributed by atoms with Crippen LogP contribution in [0.1, 0.15) is 36.3 Å². The largest absolute Gasteiger partial charge is 0.346 e. The van der Waals surface area contributed by atoms with E-state index in [9.17, 15) is 9.18 Å². The third-order valence-corrected chi connectivity index (χ3v) is 4.44. The molecular formula is C17H19FN6O. The van der Waals surface area contributed by atoms with Gasteiger partial charge >= 0.3 is 5.69 Å². The van der Waals surface area contributed by atoms with Crippen molar-refractivity contribution in [3.63, 3.8) is 0 Å². The third kappa shape index (κ3) is 3.38. The van der Waals surface area contributed by atoms with E-state index in [0.717, 1.165) is 43.6 Å². The standard InChI is InChI=1S/C17H19FN6O/c18-14-7-5-13(6-8-14)10-22-11-15(19-21-22)12-24-17(25)23-9-3-1-2-4-16(23)20-24/h5-8,11H,1-4,9-10,12H2. The molecule has 8 heteroatoms. The fourth-order valence-corrected chi connectivity index (χ4v) is 3.15. The lowest BCUT2D eigenvalue weighted by Gasteiger charge is -2.00. The quantitative estimate of drug-likeness (QED) is 0.722. The molecule has 7 nitrogen and oxygen atoms in total. The topological polar surface area (TPSA) is 70.5 Å². The van der Waals surface area contributed by atoms with Crippen molar-refractivity contribution in [3.8, 4) is 0 Å². The molecule has 0 saturated carbocycles. The first kappa shape index (κ1) is 15.7. The van der Waals surface area contributed by atoms with Gasteiger partial charge in [-0.1, -0.05) is 23.8 Å². The highest BCUT2D eigenvalue weighted by Gasteiger charge is 2.16. The Labute approximate surface area is 143 Å². The van der Waals surface area contributed by atoms with Crippen LogP contribution in [0, 0.1) is 5.82 Å². The van der Waals surface area contributed by atoms with Gasteiger partial charge in [-0.3, -0.25) is 4.57 Å². The van der Waals surface area contributed by atoms with E-state index in [1.165, 1.54) is 16.8 Å². The number of aryl methyl sites for hydroxylation is 1. The molecule has 2 aromatic heterocycles. The van der Waals surface area contributed by atoms with Crippen LogP contribution >= 0.6 is 0 Å². The molecule has 3 aromatic rings. The second-order valence-electron chi connectivity index (χ2n) is 6.35. The SMILES string of the molecule is O=c1n(Cc2cn(Cc3ccc(F)cc3)nn2)nc2n1CCCCC2. The summed E-state index contributed by atoms with van der Waals surface area (Å²) in [6.07, 6.45) is 5.87. The Balaban J connectivity index is 1.50. The van der Waals surface area contributed by atoms with Crippen LogP contribution in [0.3, 0.4) is 0 Å². The molecule has 4 rings (SSSR count). The van der Waals surface area contributed by atoms with Gasteiger partial charge in [-0.25, -0.2) is 18.5 Å². The summed E-state index contributed by atoms with van der Waals surface area (Å²) in [6, 6.07) is 6.27. The van der Waals surface area contributed by atoms with Crippen molar-refractivity contribution >= 4 is 0 Å². The van der Waals surface area contributed by atoms with Crippen LogP contribution in [0.2, 0.25) is 0 Å². The molecule has 1 aliphatic rings. The zero-order valence-corrected chi connectivity index (χ0v) is 13.8. The van der Waals surface area contributed by atoms with Crippen LogP contribution in [-0.2, 0) is 26.1 Å². The predicted octanol–water partition coefficient (Wildman–Crippen LogP) is 1.60. The van der Waals surface area contributed by atoms with Gasteiger partial charge in [0.15, 0.2) is 0 Å². The van der Waals surface area contributed by atoms with Crippen molar-refractivity contribution < 1.29 is 4.39 Å². The van der Waals surface area contributed by atoms with Gasteiger partial charge in [0.2, 0.25) is 0 Å². The Morgan fingerprint density at radius 2 is 1.92 bits per heavy atom. The summed E-state index contributed by atoms with van der Waals surface area (Å²) in [7, 11) is 0. The number of halogens is 1. The summed E-state index contributed by atoms with van der Waals surface area (Å²) in [5.74, 6) is 0.600. The molecule has 0 spiro atoms. The van der Waals surface area contributed by atoms with Gasteiger partial charge < -0.3 is 0 Å². The first-order valence-electron chi connectivity index (χ1n) is 8.49. The van der Waals surface area contributed by atoms with Gasteiger partial charge in [-0.05, 0) is 30.5 Å². The van der Waals surface area contributed by atoms with Crippen LogP contribution in [0.4, 0.5) is 4.39 Å². The van der Waals surface area contributed by atoms with E-state index in [4.69, 9.17) is 0 Å². The molecule has 130 valence electrons. The van der Waals surface area contributed by atoms with E-state index in [1.54, 1.807) is 27.6 Å². The molecule has 1 aliphatic heterocycles. The van der Waals surface area contributed by atoms with Crippen LogP contribution in [0.15, 0.2) is 35.3 Å². The second-order valence-corrected chi connectivity index (χ2v) is 6.35. The highest BCUT2D eigenvalue weighted by Crippen LogP contribution is 2.11. The number of fused-ring (bicyclic) bond motifs is 1. The van der Waals surface area contributed by atoms with Crippen molar-refractivity contribution in [2.45, 2.75) is 45.3 Å². The number of rotatable bonds is 4. The van der Waals surface area contributed by atoms with Crippen molar-refractivity contribution in [3.05, 3.63) is 63.8 Å². The molecule has 0 aliphatic carbocycles. The van der Waals surface area contributed by atoms with Crippen LogP contribution < -0.4 is 5.69 Å². The highest BCUT2D eigenvalue weighted by molar-refractivity contribution is 5.16. The lowest BCUT2D eigenvalue weighted by Crippen LogP contribution is -2.25. The van der Waals surface area contributed by atoms with E-state index >= 15 is 0 Å². The van der Waals surface area contributed by atoms with Crippen LogP contribution in [0.5, 0.6) is 0 Å². The van der Waals surface area contributed by atoms with Crippen LogP contribution in [-0.4, -0.2) is 29.3 Å². The Hall–Kier alpha value is -2.77. The monoisotopic (exact) mass is 342 g/mol. The smallest absolute Gasteiger partial charge is 0.279 e. The number of benzene rings is 1. The fraction of sp³-hybridized carbons (Fsp3) is 0.412. The Morgan fingerprint density at radius 1 is 1.08 bits per heavy atom. The molecular weight excluding hydrogens is 323 g/mol. The summed E-state index contributed by atoms with van der Waals surface area (Å²) >= 11 is 0. The zero-order valence-electron chi connectivity index (χ0n) is 13.8. The normalized spacial score (nSPS) is 14.3. The minimum atomic E-state index is -0.262. The molecule has 1 aromatic carbocycles. The van der Waals surface area contributed by atoms with Crippen molar-refractivity contribution in [2.24, 2.45) is 0 Å². The lowest BCUT2D eigenvalue weighted by molar-refractivity contribution is 0.580. The zero-order chi connectivity index (χ0) is 17.2. The summed E-state index contributed by atoms with van der Waals surface area (Å²) in [5.41, 5.74) is 1.53. The Morgan fingerprint density at radius 3 is 2.76 bits per heavy atom. The minimum absolute atomic E-state index is 0.0787. The molecule has 0 saturated heterocycles. The minimum Gasteiger partial charge on any atom is -0.279 e. The summed E-state index contributed by atoms with van der Waals surface area (Å²) in [5, 5.41) is 12.7. The van der Waals surface area contributed by atoms with E-state index in [0.29, 0.717) is 18.8 Å². The van der Waals surface area contributed by atoms with Gasteiger partial charge in [0, 0.05) is 13.0 Å². The number of nitrogens with zero attached hydrogens (tertiary/aromatic N) is 6. The molecule has 0 radical (unpaired) electrons. The highest BCUT2D eigenvalue weighted by atomic mass is 19.1. The predicted molar refractivity (Wildman–Crippen MR) is 88.7 cm³/mol. The first-order chi connectivity index (χ1) is 12.2. The average molecular weight is 342 g/mol. The van der Waals surface area contributed by atoms with E-state index in [2.05, 4.69) is 15.4 Å². The third-order valence-electron chi connectivity index (χ3n) is 4.44. The van der Waals surface area contributed by atoms with Gasteiger partial charge in [-0.15, -0.1) is 5.10 Å². The van der Waals surface area contributed by atoms with Crippen molar-refractivity contribution in [2.75, 3.05) is 0 Å². The molecule has 3 heterocycles. The maximum absolute atomic E-state index is 13.0. The average Bonchev–Trinajstić information content (AvgIpc) is 3.06. The van der Waals surface area contributed by atoms with E-state index in [-0.39, 0.29) is 11.5 Å². The molecule has 0 atom stereocenters. The Kier molecular flexibility index (Phi) is 4.17. The van der Waals surface area contributed by atoms with Gasteiger partial charge in [0.25, 0.3) is 0 Å². The van der Waals surface area contributed by atoms with Crippen molar-refractivity contribution in [1.29, 1.82) is 0 Å². The Bertz CT molecular complexity index is 924. The molecule has 0 unspecified atom stereocenters. The van der Waals surface area contributed by atoms with Crippen LogP contribution in [0.25, 0.3) is 0 Å². The van der Waals surface area contributed by atoms with Crippen molar-refractivity contribution in [1.82, 2.24) is 29.3 Å². The molecule has 0 N–H and O–H groups in total. The molecule has 0 bridgehead atoms. The van der Waals surface area contributed by atoms with E-state index < -0.39 is 0 Å².